The second-order valence-corrected chi connectivity index (χ2v) is 8.80. The van der Waals surface area contributed by atoms with Crippen LogP contribution in [-0.4, -0.2) is 35.7 Å². The van der Waals surface area contributed by atoms with Crippen LogP contribution in [0.1, 0.15) is 6.92 Å². The number of nitrogens with zero attached hydrogens (tertiary/aromatic N) is 2. The van der Waals surface area contributed by atoms with E-state index in [1.54, 1.807) is 30.0 Å². The standard InChI is InChI=1S/C20H20Cl2N2O3S2/c1-3-26-14-5-6-16-18(11-14)29-20(24(16)8-9-28-2)23-19(25)12-27-17-7-4-13(21)10-15(17)22/h4-7,10-11H,3,8-9,12H2,1-2H3. The summed E-state index contributed by atoms with van der Waals surface area (Å²) in [5, 5.41) is 0.857. The molecule has 1 heterocycles. The second kappa shape index (κ2) is 10.4. The molecule has 1 amide bonds. The van der Waals surface area contributed by atoms with Crippen molar-refractivity contribution in [2.75, 3.05) is 25.2 Å². The van der Waals surface area contributed by atoms with Crippen molar-refractivity contribution in [3.8, 4) is 11.5 Å². The van der Waals surface area contributed by atoms with Crippen molar-refractivity contribution in [2.45, 2.75) is 13.5 Å². The van der Waals surface area contributed by atoms with Crippen molar-refractivity contribution >= 4 is 62.4 Å². The lowest BCUT2D eigenvalue weighted by Gasteiger charge is -2.06. The molecule has 0 bridgehead atoms. The number of halogens is 2. The Morgan fingerprint density at radius 1 is 1.21 bits per heavy atom. The predicted molar refractivity (Wildman–Crippen MR) is 122 cm³/mol. The molecular formula is C20H20Cl2N2O3S2. The number of benzene rings is 2. The van der Waals surface area contributed by atoms with Crippen LogP contribution in [0.15, 0.2) is 41.4 Å². The number of aromatic nitrogens is 1. The fourth-order valence-electron chi connectivity index (χ4n) is 2.66. The third kappa shape index (κ3) is 5.69. The van der Waals surface area contributed by atoms with Gasteiger partial charge in [0.25, 0.3) is 5.91 Å². The van der Waals surface area contributed by atoms with E-state index in [0.29, 0.717) is 27.2 Å². The number of hydrogen-bond acceptors (Lipinski definition) is 5. The largest absolute Gasteiger partial charge is 0.494 e. The SMILES string of the molecule is CCOc1ccc2c(c1)sc(=NC(=O)COc1ccc(Cl)cc1Cl)n2CCSC. The van der Waals surface area contributed by atoms with Crippen molar-refractivity contribution in [2.24, 2.45) is 4.99 Å². The smallest absolute Gasteiger partial charge is 0.286 e. The van der Waals surface area contributed by atoms with Crippen LogP contribution in [-0.2, 0) is 11.3 Å². The summed E-state index contributed by atoms with van der Waals surface area (Å²) < 4.78 is 14.2. The molecule has 0 fully saturated rings. The Hall–Kier alpha value is -1.67. The molecule has 0 radical (unpaired) electrons. The van der Waals surface area contributed by atoms with Gasteiger partial charge in [-0.3, -0.25) is 4.79 Å². The van der Waals surface area contributed by atoms with Gasteiger partial charge in [0.05, 0.1) is 21.8 Å². The summed E-state index contributed by atoms with van der Waals surface area (Å²) in [4.78, 5) is 17.4. The molecular weight excluding hydrogens is 451 g/mol. The first-order chi connectivity index (χ1) is 14.0. The van der Waals surface area contributed by atoms with Gasteiger partial charge in [0.15, 0.2) is 11.4 Å². The number of hydrogen-bond donors (Lipinski definition) is 0. The molecule has 0 saturated heterocycles. The Morgan fingerprint density at radius 3 is 2.76 bits per heavy atom. The molecule has 29 heavy (non-hydrogen) atoms. The molecule has 154 valence electrons. The topological polar surface area (TPSA) is 52.8 Å². The van der Waals surface area contributed by atoms with Crippen molar-refractivity contribution in [3.63, 3.8) is 0 Å². The fourth-order valence-corrected chi connectivity index (χ4v) is 4.59. The highest BCUT2D eigenvalue weighted by Gasteiger charge is 2.10. The van der Waals surface area contributed by atoms with E-state index >= 15 is 0 Å². The average molecular weight is 471 g/mol. The van der Waals surface area contributed by atoms with E-state index in [2.05, 4.69) is 9.56 Å². The third-order valence-corrected chi connectivity index (χ3v) is 6.11. The molecule has 0 unspecified atom stereocenters. The van der Waals surface area contributed by atoms with Gasteiger partial charge in [0.2, 0.25) is 0 Å². The Morgan fingerprint density at radius 2 is 2.03 bits per heavy atom. The fraction of sp³-hybridized carbons (Fsp3) is 0.300. The third-order valence-electron chi connectivity index (χ3n) is 3.95. The van der Waals surface area contributed by atoms with Crippen molar-refractivity contribution in [1.29, 1.82) is 0 Å². The summed E-state index contributed by atoms with van der Waals surface area (Å²) in [6, 6.07) is 10.8. The number of thioether (sulfide) groups is 1. The van der Waals surface area contributed by atoms with Gasteiger partial charge in [0, 0.05) is 17.3 Å². The highest BCUT2D eigenvalue weighted by atomic mass is 35.5. The number of fused-ring (bicyclic) bond motifs is 1. The minimum atomic E-state index is -0.384. The number of aryl methyl sites for hydroxylation is 1. The zero-order valence-corrected chi connectivity index (χ0v) is 19.1. The molecule has 0 aliphatic rings. The minimum absolute atomic E-state index is 0.206. The van der Waals surface area contributed by atoms with Gasteiger partial charge in [-0.05, 0) is 49.6 Å². The van der Waals surface area contributed by atoms with Crippen molar-refractivity contribution in [1.82, 2.24) is 4.57 Å². The quantitative estimate of drug-likeness (QED) is 0.449. The van der Waals surface area contributed by atoms with Gasteiger partial charge in [-0.25, -0.2) is 0 Å². The first-order valence-corrected chi connectivity index (χ1v) is 11.9. The molecule has 0 N–H and O–H groups in total. The summed E-state index contributed by atoms with van der Waals surface area (Å²) in [5.74, 6) is 1.73. The molecule has 3 aromatic rings. The van der Waals surface area contributed by atoms with Crippen LogP contribution in [0, 0.1) is 0 Å². The lowest BCUT2D eigenvalue weighted by atomic mass is 10.3. The predicted octanol–water partition coefficient (Wildman–Crippen LogP) is 5.28. The summed E-state index contributed by atoms with van der Waals surface area (Å²) in [6.45, 7) is 3.10. The average Bonchev–Trinajstić information content (AvgIpc) is 3.02. The van der Waals surface area contributed by atoms with Crippen LogP contribution in [0.3, 0.4) is 0 Å². The number of carbonyl (C=O) groups is 1. The Bertz CT molecular complexity index is 1080. The zero-order valence-electron chi connectivity index (χ0n) is 16.0. The van der Waals surface area contributed by atoms with Crippen LogP contribution < -0.4 is 14.3 Å². The van der Waals surface area contributed by atoms with Crippen LogP contribution >= 0.6 is 46.3 Å². The molecule has 0 aliphatic carbocycles. The van der Waals surface area contributed by atoms with Crippen LogP contribution in [0.5, 0.6) is 11.5 Å². The van der Waals surface area contributed by atoms with Gasteiger partial charge in [-0.2, -0.15) is 16.8 Å². The van der Waals surface area contributed by atoms with Crippen molar-refractivity contribution in [3.05, 3.63) is 51.2 Å². The Labute approximate surface area is 187 Å². The van der Waals surface area contributed by atoms with Gasteiger partial charge in [-0.15, -0.1) is 0 Å². The van der Waals surface area contributed by atoms with Gasteiger partial charge in [-0.1, -0.05) is 34.5 Å². The number of rotatable bonds is 8. The lowest BCUT2D eigenvalue weighted by molar-refractivity contribution is -0.120. The first kappa shape index (κ1) is 22.0. The maximum atomic E-state index is 12.4. The monoisotopic (exact) mass is 470 g/mol. The van der Waals surface area contributed by atoms with E-state index in [9.17, 15) is 4.79 Å². The van der Waals surface area contributed by atoms with Crippen LogP contribution in [0.2, 0.25) is 10.0 Å². The molecule has 0 spiro atoms. The normalized spacial score (nSPS) is 11.8. The number of carbonyl (C=O) groups excluding carboxylic acids is 1. The molecule has 1 aromatic heterocycles. The number of amides is 1. The lowest BCUT2D eigenvalue weighted by Crippen LogP contribution is -2.20. The summed E-state index contributed by atoms with van der Waals surface area (Å²) in [6.07, 6.45) is 2.05. The van der Waals surface area contributed by atoms with E-state index < -0.39 is 0 Å². The molecule has 0 saturated carbocycles. The Kier molecular flexibility index (Phi) is 7.89. The molecule has 0 atom stereocenters. The van der Waals surface area contributed by atoms with E-state index in [4.69, 9.17) is 32.7 Å². The first-order valence-electron chi connectivity index (χ1n) is 8.92. The minimum Gasteiger partial charge on any atom is -0.494 e. The van der Waals surface area contributed by atoms with Crippen LogP contribution in [0.25, 0.3) is 10.2 Å². The van der Waals surface area contributed by atoms with Gasteiger partial charge in [0.1, 0.15) is 11.5 Å². The van der Waals surface area contributed by atoms with E-state index in [1.165, 1.54) is 11.3 Å². The molecule has 2 aromatic carbocycles. The highest BCUT2D eigenvalue weighted by Crippen LogP contribution is 2.27. The van der Waals surface area contributed by atoms with Crippen molar-refractivity contribution < 1.29 is 14.3 Å². The highest BCUT2D eigenvalue weighted by molar-refractivity contribution is 7.98. The Balaban J connectivity index is 1.87. The van der Waals surface area contributed by atoms with E-state index in [1.807, 2.05) is 31.4 Å². The van der Waals surface area contributed by atoms with E-state index in [-0.39, 0.29) is 12.5 Å². The summed E-state index contributed by atoms with van der Waals surface area (Å²) >= 11 is 15.2. The molecule has 5 nitrogen and oxygen atoms in total. The summed E-state index contributed by atoms with van der Waals surface area (Å²) in [5.41, 5.74) is 1.03. The summed E-state index contributed by atoms with van der Waals surface area (Å²) in [7, 11) is 0. The van der Waals surface area contributed by atoms with Gasteiger partial charge >= 0.3 is 0 Å². The maximum absolute atomic E-state index is 12.4. The number of ether oxygens (including phenoxy) is 2. The molecule has 3 rings (SSSR count). The number of thiazole rings is 1. The molecule has 0 aliphatic heterocycles. The molecule has 9 heteroatoms. The maximum Gasteiger partial charge on any atom is 0.286 e. The zero-order chi connectivity index (χ0) is 20.8. The van der Waals surface area contributed by atoms with E-state index in [0.717, 1.165) is 28.3 Å². The van der Waals surface area contributed by atoms with Crippen LogP contribution in [0.4, 0.5) is 0 Å². The van der Waals surface area contributed by atoms with Gasteiger partial charge < -0.3 is 14.0 Å². The second-order valence-electron chi connectivity index (χ2n) is 5.96.